The van der Waals surface area contributed by atoms with E-state index in [0.717, 1.165) is 25.7 Å². The molecular formula is C33H70O4Si. The van der Waals surface area contributed by atoms with Gasteiger partial charge in [0.25, 0.3) is 0 Å². The van der Waals surface area contributed by atoms with Crippen LogP contribution in [-0.2, 0) is 17.7 Å². The van der Waals surface area contributed by atoms with Crippen LogP contribution in [0.5, 0.6) is 0 Å². The third-order valence-corrected chi connectivity index (χ3v) is 9.59. The van der Waals surface area contributed by atoms with Crippen LogP contribution >= 0.6 is 0 Å². The Morgan fingerprint density at radius 2 is 0.447 bits per heavy atom. The summed E-state index contributed by atoms with van der Waals surface area (Å²) in [5.74, 6) is 0. The first kappa shape index (κ1) is 38.1. The van der Waals surface area contributed by atoms with Crippen molar-refractivity contribution in [1.82, 2.24) is 0 Å². The first-order chi connectivity index (χ1) is 18.7. The van der Waals surface area contributed by atoms with E-state index in [1.165, 1.54) is 135 Å². The lowest BCUT2D eigenvalue weighted by molar-refractivity contribution is -0.0375. The van der Waals surface area contributed by atoms with E-state index in [-0.39, 0.29) is 0 Å². The minimum Gasteiger partial charge on any atom is -0.351 e. The molecule has 0 atom stereocenters. The highest BCUT2D eigenvalue weighted by atomic mass is 28.4. The van der Waals surface area contributed by atoms with Gasteiger partial charge in [0.1, 0.15) is 0 Å². The van der Waals surface area contributed by atoms with Gasteiger partial charge in [-0.25, -0.2) is 0 Å². The van der Waals surface area contributed by atoms with Gasteiger partial charge in [-0.1, -0.05) is 163 Å². The van der Waals surface area contributed by atoms with Crippen molar-refractivity contribution < 1.29 is 17.7 Å². The summed E-state index contributed by atoms with van der Waals surface area (Å²) in [4.78, 5) is 0. The number of unbranched alkanes of at least 4 members (excludes halogenated alkanes) is 21. The summed E-state index contributed by atoms with van der Waals surface area (Å²) in [5, 5.41) is 0. The first-order valence-corrected chi connectivity index (χ1v) is 18.9. The van der Waals surface area contributed by atoms with Gasteiger partial charge in [0.2, 0.25) is 0 Å². The molecule has 0 unspecified atom stereocenters. The third-order valence-electron chi connectivity index (χ3n) is 7.36. The fourth-order valence-electron chi connectivity index (χ4n) is 4.75. The predicted molar refractivity (Wildman–Crippen MR) is 168 cm³/mol. The summed E-state index contributed by atoms with van der Waals surface area (Å²) in [5.41, 5.74) is 0. The monoisotopic (exact) mass is 559 g/mol. The fourth-order valence-corrected chi connectivity index (χ4v) is 6.82. The molecule has 0 aliphatic rings. The highest BCUT2D eigenvalue weighted by Gasteiger charge is 2.45. The second-order valence-corrected chi connectivity index (χ2v) is 13.5. The van der Waals surface area contributed by atoms with Crippen LogP contribution in [0.25, 0.3) is 0 Å². The molecule has 0 bridgehead atoms. The molecule has 0 amide bonds. The molecule has 0 N–H and O–H groups in total. The Hall–Kier alpha value is 0.0569. The van der Waals surface area contributed by atoms with Gasteiger partial charge in [-0.3, -0.25) is 0 Å². The molecule has 0 saturated heterocycles. The zero-order valence-corrected chi connectivity index (χ0v) is 27.6. The fraction of sp³-hybridized carbons (Fsp3) is 1.00. The van der Waals surface area contributed by atoms with Crippen LogP contribution < -0.4 is 0 Å². The van der Waals surface area contributed by atoms with Crippen LogP contribution in [0, 0.1) is 0 Å². The van der Waals surface area contributed by atoms with Crippen LogP contribution in [-0.4, -0.2) is 35.5 Å². The smallest absolute Gasteiger partial charge is 0.351 e. The molecule has 4 nitrogen and oxygen atoms in total. The summed E-state index contributed by atoms with van der Waals surface area (Å²) in [6.07, 6.45) is 31.6. The van der Waals surface area contributed by atoms with Gasteiger partial charge >= 0.3 is 9.05 Å². The van der Waals surface area contributed by atoms with Crippen LogP contribution in [0.3, 0.4) is 0 Å². The highest BCUT2D eigenvalue weighted by Crippen LogP contribution is 2.18. The lowest BCUT2D eigenvalue weighted by atomic mass is 10.1. The van der Waals surface area contributed by atoms with Gasteiger partial charge in [-0.2, -0.15) is 0 Å². The third kappa shape index (κ3) is 26.3. The molecule has 230 valence electrons. The molecule has 0 aliphatic carbocycles. The molecule has 0 heterocycles. The van der Waals surface area contributed by atoms with Crippen molar-refractivity contribution in [2.45, 2.75) is 188 Å². The Kier molecular flexibility index (Phi) is 31.6. The van der Waals surface area contributed by atoms with E-state index in [1.54, 1.807) is 0 Å². The Bertz CT molecular complexity index is 385. The van der Waals surface area contributed by atoms with E-state index in [0.29, 0.717) is 26.4 Å². The van der Waals surface area contributed by atoms with Crippen molar-refractivity contribution in [3.8, 4) is 0 Å². The molecule has 0 aliphatic heterocycles. The van der Waals surface area contributed by atoms with E-state index in [1.807, 2.05) is 0 Å². The maximum atomic E-state index is 6.46. The van der Waals surface area contributed by atoms with E-state index < -0.39 is 9.05 Å². The van der Waals surface area contributed by atoms with Crippen LogP contribution in [0.2, 0.25) is 0 Å². The zero-order chi connectivity index (χ0) is 27.8. The second-order valence-electron chi connectivity index (χ2n) is 11.3. The van der Waals surface area contributed by atoms with E-state index in [2.05, 4.69) is 27.7 Å². The van der Waals surface area contributed by atoms with E-state index in [9.17, 15) is 0 Å². The molecule has 38 heavy (non-hydrogen) atoms. The maximum Gasteiger partial charge on any atom is 0.679 e. The summed E-state index contributed by atoms with van der Waals surface area (Å²) in [6, 6.07) is 0. The molecule has 0 aromatic heterocycles. The molecule has 0 saturated carbocycles. The van der Waals surface area contributed by atoms with Crippen molar-refractivity contribution >= 4 is 9.05 Å². The molecule has 0 fully saturated rings. The Morgan fingerprint density at radius 3 is 0.684 bits per heavy atom. The molecular weight excluding hydrogens is 488 g/mol. The van der Waals surface area contributed by atoms with Crippen molar-refractivity contribution in [3.05, 3.63) is 0 Å². The SMILES string of the molecule is CCCCCCCCCO[Si](OCCCCCC)(OCCCCCCCCC)OCCCCCCCCC. The van der Waals surface area contributed by atoms with Crippen LogP contribution in [0.4, 0.5) is 0 Å². The lowest BCUT2D eigenvalue weighted by Gasteiger charge is -2.28. The molecule has 0 radical (unpaired) electrons. The van der Waals surface area contributed by atoms with Crippen LogP contribution in [0.1, 0.15) is 188 Å². The van der Waals surface area contributed by atoms with E-state index in [4.69, 9.17) is 17.7 Å². The average Bonchev–Trinajstić information content (AvgIpc) is 2.93. The molecule has 0 rings (SSSR count). The highest BCUT2D eigenvalue weighted by molar-refractivity contribution is 6.53. The normalized spacial score (nSPS) is 12.0. The van der Waals surface area contributed by atoms with Gasteiger partial charge in [0.15, 0.2) is 0 Å². The Morgan fingerprint density at radius 1 is 0.263 bits per heavy atom. The van der Waals surface area contributed by atoms with Gasteiger partial charge < -0.3 is 17.7 Å². The van der Waals surface area contributed by atoms with Crippen molar-refractivity contribution in [3.63, 3.8) is 0 Å². The second kappa shape index (κ2) is 31.6. The quantitative estimate of drug-likeness (QED) is 0.0593. The summed E-state index contributed by atoms with van der Waals surface area (Å²) >= 11 is 0. The van der Waals surface area contributed by atoms with Crippen LogP contribution in [0.15, 0.2) is 0 Å². The van der Waals surface area contributed by atoms with E-state index >= 15 is 0 Å². The van der Waals surface area contributed by atoms with Gasteiger partial charge in [-0.05, 0) is 25.7 Å². The molecule has 0 aromatic rings. The van der Waals surface area contributed by atoms with Gasteiger partial charge in [0, 0.05) is 26.4 Å². The number of hydrogen-bond acceptors (Lipinski definition) is 4. The summed E-state index contributed by atoms with van der Waals surface area (Å²) in [6.45, 7) is 11.9. The molecule has 0 aromatic carbocycles. The standard InChI is InChI=1S/C33H70O4Si/c1-5-9-13-17-20-23-27-31-35-38(34-30-26-16-12-8-4,36-32-28-24-21-18-14-10-6-2)37-33-29-25-22-19-15-11-7-3/h5-33H2,1-4H3. The lowest BCUT2D eigenvalue weighted by Crippen LogP contribution is -2.50. The zero-order valence-electron chi connectivity index (χ0n) is 26.6. The number of hydrogen-bond donors (Lipinski definition) is 0. The van der Waals surface area contributed by atoms with Gasteiger partial charge in [0.05, 0.1) is 0 Å². The topological polar surface area (TPSA) is 36.9 Å². The van der Waals surface area contributed by atoms with Crippen molar-refractivity contribution in [2.24, 2.45) is 0 Å². The molecule has 5 heteroatoms. The van der Waals surface area contributed by atoms with Gasteiger partial charge in [-0.15, -0.1) is 0 Å². The number of rotatable bonds is 33. The Labute approximate surface area is 241 Å². The average molecular weight is 559 g/mol. The summed E-state index contributed by atoms with van der Waals surface area (Å²) in [7, 11) is -3.10. The van der Waals surface area contributed by atoms with Crippen molar-refractivity contribution in [2.75, 3.05) is 26.4 Å². The summed E-state index contributed by atoms with van der Waals surface area (Å²) < 4.78 is 25.8. The predicted octanol–water partition coefficient (Wildman–Crippen LogP) is 11.3. The largest absolute Gasteiger partial charge is 0.679 e. The Balaban J connectivity index is 4.74. The minimum atomic E-state index is -3.10. The minimum absolute atomic E-state index is 0.692. The maximum absolute atomic E-state index is 6.46. The molecule has 0 spiro atoms. The van der Waals surface area contributed by atoms with Crippen molar-refractivity contribution in [1.29, 1.82) is 0 Å². The first-order valence-electron chi connectivity index (χ1n) is 17.3.